The van der Waals surface area contributed by atoms with E-state index < -0.39 is 10.0 Å². The zero-order chi connectivity index (χ0) is 15.3. The van der Waals surface area contributed by atoms with Gasteiger partial charge in [-0.3, -0.25) is 5.10 Å². The molecule has 114 valence electrons. The Bertz CT molecular complexity index is 677. The van der Waals surface area contributed by atoms with Crippen LogP contribution in [0, 0.1) is 6.92 Å². The zero-order valence-corrected chi connectivity index (χ0v) is 13.1. The van der Waals surface area contributed by atoms with Crippen LogP contribution in [-0.2, 0) is 16.4 Å². The average molecular weight is 308 g/mol. The highest BCUT2D eigenvalue weighted by molar-refractivity contribution is 7.92. The second-order valence-corrected chi connectivity index (χ2v) is 6.66. The molecule has 0 radical (unpaired) electrons. The van der Waals surface area contributed by atoms with Crippen LogP contribution in [0.3, 0.4) is 0 Å². The van der Waals surface area contributed by atoms with Crippen molar-refractivity contribution >= 4 is 16.0 Å². The highest BCUT2D eigenvalue weighted by Crippen LogP contribution is 2.14. The number of nitrogens with zero attached hydrogens (tertiary/aromatic N) is 2. The van der Waals surface area contributed by atoms with Gasteiger partial charge in [-0.1, -0.05) is 37.5 Å². The van der Waals surface area contributed by atoms with E-state index in [0.29, 0.717) is 5.82 Å². The van der Waals surface area contributed by atoms with E-state index in [9.17, 15) is 8.42 Å². The number of aromatic nitrogens is 3. The van der Waals surface area contributed by atoms with Crippen molar-refractivity contribution in [2.24, 2.45) is 0 Å². The van der Waals surface area contributed by atoms with Gasteiger partial charge in [-0.05, 0) is 25.5 Å². The molecular weight excluding hydrogens is 288 g/mol. The first-order chi connectivity index (χ1) is 10.0. The topological polar surface area (TPSA) is 87.7 Å². The largest absolute Gasteiger partial charge is 0.264 e. The van der Waals surface area contributed by atoms with Crippen molar-refractivity contribution in [2.45, 2.75) is 44.4 Å². The van der Waals surface area contributed by atoms with Crippen LogP contribution in [0.2, 0.25) is 0 Å². The first-order valence-corrected chi connectivity index (χ1v) is 8.50. The van der Waals surface area contributed by atoms with Gasteiger partial charge in [0.2, 0.25) is 0 Å². The highest BCUT2D eigenvalue weighted by atomic mass is 32.2. The molecule has 0 saturated carbocycles. The second kappa shape index (κ2) is 6.71. The molecule has 0 fully saturated rings. The first-order valence-electron chi connectivity index (χ1n) is 7.02. The van der Waals surface area contributed by atoms with E-state index in [4.69, 9.17) is 0 Å². The second-order valence-electron chi connectivity index (χ2n) is 4.98. The predicted molar refractivity (Wildman–Crippen MR) is 81.6 cm³/mol. The number of hydrogen-bond acceptors (Lipinski definition) is 4. The summed E-state index contributed by atoms with van der Waals surface area (Å²) in [6.45, 7) is 4.03. The fraction of sp³-hybridized carbons (Fsp3) is 0.429. The molecule has 1 heterocycles. The van der Waals surface area contributed by atoms with Gasteiger partial charge in [0.15, 0.2) is 0 Å². The number of anilines is 1. The molecule has 7 heteroatoms. The third-order valence-electron chi connectivity index (χ3n) is 3.11. The van der Waals surface area contributed by atoms with Gasteiger partial charge in [0, 0.05) is 6.42 Å². The maximum absolute atomic E-state index is 12.2. The summed E-state index contributed by atoms with van der Waals surface area (Å²) in [5, 5.41) is 6.66. The monoisotopic (exact) mass is 308 g/mol. The molecule has 0 aliphatic rings. The van der Waals surface area contributed by atoms with Crippen LogP contribution in [0.4, 0.5) is 5.95 Å². The number of benzene rings is 1. The number of aryl methyl sites for hydroxylation is 2. The van der Waals surface area contributed by atoms with Crippen molar-refractivity contribution in [1.29, 1.82) is 0 Å². The Morgan fingerprint density at radius 3 is 2.57 bits per heavy atom. The SMILES string of the molecule is CCCCCc1nc(NS(=O)(=O)c2ccc(C)cc2)n[nH]1. The molecule has 6 nitrogen and oxygen atoms in total. The summed E-state index contributed by atoms with van der Waals surface area (Å²) in [4.78, 5) is 4.35. The van der Waals surface area contributed by atoms with Gasteiger partial charge in [-0.25, -0.2) is 13.1 Å². The number of aromatic amines is 1. The molecule has 0 aliphatic heterocycles. The van der Waals surface area contributed by atoms with Crippen molar-refractivity contribution < 1.29 is 8.42 Å². The molecular formula is C14H20N4O2S. The Morgan fingerprint density at radius 1 is 1.19 bits per heavy atom. The summed E-state index contributed by atoms with van der Waals surface area (Å²) >= 11 is 0. The van der Waals surface area contributed by atoms with Gasteiger partial charge < -0.3 is 0 Å². The number of unbranched alkanes of at least 4 members (excludes halogenated alkanes) is 2. The number of sulfonamides is 1. The van der Waals surface area contributed by atoms with Crippen LogP contribution in [0.25, 0.3) is 0 Å². The van der Waals surface area contributed by atoms with E-state index in [-0.39, 0.29) is 10.8 Å². The molecule has 21 heavy (non-hydrogen) atoms. The minimum Gasteiger partial charge on any atom is -0.261 e. The third-order valence-corrected chi connectivity index (χ3v) is 4.45. The quantitative estimate of drug-likeness (QED) is 0.770. The van der Waals surface area contributed by atoms with E-state index in [2.05, 4.69) is 26.8 Å². The smallest absolute Gasteiger partial charge is 0.261 e. The average Bonchev–Trinajstić information content (AvgIpc) is 2.86. The Hall–Kier alpha value is -1.89. The van der Waals surface area contributed by atoms with Gasteiger partial charge in [0.05, 0.1) is 4.90 Å². The maximum Gasteiger partial charge on any atom is 0.264 e. The molecule has 0 atom stereocenters. The van der Waals surface area contributed by atoms with Crippen molar-refractivity contribution in [1.82, 2.24) is 15.2 Å². The van der Waals surface area contributed by atoms with Crippen molar-refractivity contribution in [2.75, 3.05) is 4.72 Å². The Balaban J connectivity index is 2.05. The van der Waals surface area contributed by atoms with Crippen LogP contribution < -0.4 is 4.72 Å². The van der Waals surface area contributed by atoms with Gasteiger partial charge in [-0.15, -0.1) is 5.10 Å². The molecule has 0 spiro atoms. The van der Waals surface area contributed by atoms with E-state index in [1.165, 1.54) is 0 Å². The van der Waals surface area contributed by atoms with Gasteiger partial charge in [-0.2, -0.15) is 4.98 Å². The molecule has 0 bridgehead atoms. The molecule has 2 rings (SSSR count). The fourth-order valence-electron chi connectivity index (χ4n) is 1.89. The van der Waals surface area contributed by atoms with E-state index in [1.54, 1.807) is 24.3 Å². The van der Waals surface area contributed by atoms with Gasteiger partial charge in [0.25, 0.3) is 16.0 Å². The lowest BCUT2D eigenvalue weighted by Crippen LogP contribution is -2.14. The zero-order valence-electron chi connectivity index (χ0n) is 12.3. The molecule has 0 amide bonds. The van der Waals surface area contributed by atoms with Crippen molar-refractivity contribution in [3.05, 3.63) is 35.7 Å². The Morgan fingerprint density at radius 2 is 1.90 bits per heavy atom. The van der Waals surface area contributed by atoms with E-state index >= 15 is 0 Å². The first kappa shape index (κ1) is 15.5. The van der Waals surface area contributed by atoms with E-state index in [1.807, 2.05) is 6.92 Å². The minimum atomic E-state index is -3.64. The Labute approximate surface area is 125 Å². The lowest BCUT2D eigenvalue weighted by atomic mass is 10.2. The molecule has 0 aliphatic carbocycles. The summed E-state index contributed by atoms with van der Waals surface area (Å²) in [5.74, 6) is 0.784. The van der Waals surface area contributed by atoms with Crippen LogP contribution >= 0.6 is 0 Å². The fourth-order valence-corrected chi connectivity index (χ4v) is 2.84. The lowest BCUT2D eigenvalue weighted by molar-refractivity contribution is 0.601. The summed E-state index contributed by atoms with van der Waals surface area (Å²) in [6.07, 6.45) is 4.02. The van der Waals surface area contributed by atoms with Crippen LogP contribution in [-0.4, -0.2) is 23.6 Å². The molecule has 1 aromatic heterocycles. The third kappa shape index (κ3) is 4.29. The van der Waals surface area contributed by atoms with Crippen LogP contribution in [0.15, 0.2) is 29.2 Å². The molecule has 2 N–H and O–H groups in total. The number of H-pyrrole nitrogens is 1. The summed E-state index contributed by atoms with van der Waals surface area (Å²) in [6, 6.07) is 6.63. The number of nitrogens with one attached hydrogen (secondary N) is 2. The molecule has 2 aromatic rings. The van der Waals surface area contributed by atoms with E-state index in [0.717, 1.165) is 31.2 Å². The van der Waals surface area contributed by atoms with Crippen LogP contribution in [0.5, 0.6) is 0 Å². The predicted octanol–water partition coefficient (Wildman–Crippen LogP) is 2.65. The van der Waals surface area contributed by atoms with Crippen molar-refractivity contribution in [3.8, 4) is 0 Å². The normalized spacial score (nSPS) is 11.5. The molecule has 0 saturated heterocycles. The number of hydrogen-bond donors (Lipinski definition) is 2. The van der Waals surface area contributed by atoms with Crippen LogP contribution in [0.1, 0.15) is 37.6 Å². The van der Waals surface area contributed by atoms with Crippen molar-refractivity contribution in [3.63, 3.8) is 0 Å². The van der Waals surface area contributed by atoms with Gasteiger partial charge >= 0.3 is 0 Å². The summed E-state index contributed by atoms with van der Waals surface area (Å²) in [7, 11) is -3.64. The summed E-state index contributed by atoms with van der Waals surface area (Å²) in [5.41, 5.74) is 1.00. The maximum atomic E-state index is 12.2. The molecule has 0 unspecified atom stereocenters. The van der Waals surface area contributed by atoms with Gasteiger partial charge in [0.1, 0.15) is 5.82 Å². The highest BCUT2D eigenvalue weighted by Gasteiger charge is 2.16. The minimum absolute atomic E-state index is 0.0853. The standard InChI is InChI=1S/C14H20N4O2S/c1-3-4-5-6-13-15-14(17-16-13)18-21(19,20)12-9-7-11(2)8-10-12/h7-10H,3-6H2,1-2H3,(H2,15,16,17,18). The Kier molecular flexibility index (Phi) is 4.95. The lowest BCUT2D eigenvalue weighted by Gasteiger charge is -2.04. The molecule has 1 aromatic carbocycles. The number of rotatable bonds is 7. The summed E-state index contributed by atoms with van der Waals surface area (Å²) < 4.78 is 26.7.